The first kappa shape index (κ1) is 14.0. The molecule has 0 saturated heterocycles. The molecule has 0 N–H and O–H groups in total. The van der Waals surface area contributed by atoms with Gasteiger partial charge >= 0.3 is 0 Å². The molecule has 2 aromatic heterocycles. The third-order valence-electron chi connectivity index (χ3n) is 3.78. The summed E-state index contributed by atoms with van der Waals surface area (Å²) in [6.07, 6.45) is 7.31. The molecule has 2 heterocycles. The number of nitrogens with zero attached hydrogens (tertiary/aromatic N) is 5. The summed E-state index contributed by atoms with van der Waals surface area (Å²) in [5, 5.41) is 0. The first-order valence-electron chi connectivity index (χ1n) is 6.94. The Morgan fingerprint density at radius 2 is 2.09 bits per heavy atom. The van der Waals surface area contributed by atoms with Crippen molar-refractivity contribution in [3.8, 4) is 16.9 Å². The summed E-state index contributed by atoms with van der Waals surface area (Å²) in [6, 6.07) is 5.70. The minimum Gasteiger partial charge on any atom is -0.334 e. The fraction of sp³-hybridized carbons (Fsp3) is 0.176. The molecule has 5 heteroatoms. The van der Waals surface area contributed by atoms with Crippen molar-refractivity contribution < 1.29 is 4.57 Å². The number of hydrogen-bond donors (Lipinski definition) is 0. The van der Waals surface area contributed by atoms with Crippen LogP contribution in [0, 0.1) is 20.4 Å². The topological polar surface area (TPSA) is 39.0 Å². The average molecular weight is 290 g/mol. The SMILES string of the molecule is [C-]#[N+]c1cc(-c2cncn2C)c(C)c(-[n+]2cccnc2C)c1. The smallest absolute Gasteiger partial charge is 0.300 e. The Bertz CT molecular complexity index is 886. The second-order valence-corrected chi connectivity index (χ2v) is 5.18. The predicted octanol–water partition coefficient (Wildman–Crippen LogP) is 2.93. The van der Waals surface area contributed by atoms with Gasteiger partial charge in [-0.2, -0.15) is 0 Å². The average Bonchev–Trinajstić information content (AvgIpc) is 2.94. The lowest BCUT2D eigenvalue weighted by molar-refractivity contribution is -0.606. The maximum absolute atomic E-state index is 7.38. The molecule has 108 valence electrons. The van der Waals surface area contributed by atoms with Crippen molar-refractivity contribution in [3.05, 3.63) is 65.9 Å². The number of benzene rings is 1. The molecule has 0 aliphatic heterocycles. The Morgan fingerprint density at radius 1 is 1.27 bits per heavy atom. The number of aryl methyl sites for hydroxylation is 2. The zero-order chi connectivity index (χ0) is 15.7. The van der Waals surface area contributed by atoms with Crippen molar-refractivity contribution >= 4 is 5.69 Å². The highest BCUT2D eigenvalue weighted by Crippen LogP contribution is 2.30. The van der Waals surface area contributed by atoms with Gasteiger partial charge in [0, 0.05) is 25.6 Å². The van der Waals surface area contributed by atoms with Crippen LogP contribution in [0.4, 0.5) is 5.69 Å². The van der Waals surface area contributed by atoms with Gasteiger partial charge in [0.15, 0.2) is 5.69 Å². The maximum atomic E-state index is 7.38. The Kier molecular flexibility index (Phi) is 3.43. The van der Waals surface area contributed by atoms with Crippen LogP contribution in [0.15, 0.2) is 43.1 Å². The van der Waals surface area contributed by atoms with Crippen LogP contribution in [0.3, 0.4) is 0 Å². The van der Waals surface area contributed by atoms with Crippen molar-refractivity contribution in [2.75, 3.05) is 0 Å². The zero-order valence-electron chi connectivity index (χ0n) is 12.8. The van der Waals surface area contributed by atoms with Gasteiger partial charge in [0.1, 0.15) is 18.1 Å². The lowest BCUT2D eigenvalue weighted by Crippen LogP contribution is -2.35. The van der Waals surface area contributed by atoms with Gasteiger partial charge in [-0.3, -0.25) is 0 Å². The van der Waals surface area contributed by atoms with E-state index in [4.69, 9.17) is 6.57 Å². The Morgan fingerprint density at radius 3 is 2.73 bits per heavy atom. The molecular formula is C17H16N5+. The van der Waals surface area contributed by atoms with Crippen LogP contribution in [0.25, 0.3) is 21.8 Å². The van der Waals surface area contributed by atoms with Gasteiger partial charge in [-0.1, -0.05) is 4.98 Å². The van der Waals surface area contributed by atoms with Crippen LogP contribution in [0.2, 0.25) is 0 Å². The molecule has 0 fully saturated rings. The molecule has 0 atom stereocenters. The van der Waals surface area contributed by atoms with Crippen molar-refractivity contribution in [2.45, 2.75) is 13.8 Å². The van der Waals surface area contributed by atoms with Crippen LogP contribution >= 0.6 is 0 Å². The summed E-state index contributed by atoms with van der Waals surface area (Å²) < 4.78 is 3.96. The third kappa shape index (κ3) is 2.25. The van der Waals surface area contributed by atoms with Gasteiger partial charge in [0.25, 0.3) is 5.82 Å². The zero-order valence-corrected chi connectivity index (χ0v) is 12.8. The predicted molar refractivity (Wildman–Crippen MR) is 83.7 cm³/mol. The summed E-state index contributed by atoms with van der Waals surface area (Å²) >= 11 is 0. The molecule has 22 heavy (non-hydrogen) atoms. The highest BCUT2D eigenvalue weighted by atomic mass is 15.0. The first-order valence-corrected chi connectivity index (χ1v) is 6.94. The van der Waals surface area contributed by atoms with Crippen molar-refractivity contribution in [1.29, 1.82) is 0 Å². The summed E-state index contributed by atoms with van der Waals surface area (Å²) in [4.78, 5) is 12.1. The normalized spacial score (nSPS) is 10.5. The fourth-order valence-electron chi connectivity index (χ4n) is 2.58. The lowest BCUT2D eigenvalue weighted by Gasteiger charge is -2.12. The summed E-state index contributed by atoms with van der Waals surface area (Å²) in [6.45, 7) is 11.4. The van der Waals surface area contributed by atoms with E-state index in [0.717, 1.165) is 28.3 Å². The molecule has 1 aromatic carbocycles. The molecule has 3 rings (SSSR count). The second kappa shape index (κ2) is 5.41. The van der Waals surface area contributed by atoms with E-state index in [1.165, 1.54) is 0 Å². The number of hydrogen-bond acceptors (Lipinski definition) is 2. The highest BCUT2D eigenvalue weighted by molar-refractivity contribution is 5.73. The van der Waals surface area contributed by atoms with Crippen LogP contribution in [-0.4, -0.2) is 14.5 Å². The monoisotopic (exact) mass is 290 g/mol. The largest absolute Gasteiger partial charge is 0.334 e. The first-order chi connectivity index (χ1) is 10.6. The van der Waals surface area contributed by atoms with E-state index in [9.17, 15) is 0 Å². The van der Waals surface area contributed by atoms with E-state index >= 15 is 0 Å². The molecular weight excluding hydrogens is 274 g/mol. The van der Waals surface area contributed by atoms with E-state index in [2.05, 4.69) is 21.7 Å². The molecule has 0 aliphatic carbocycles. The van der Waals surface area contributed by atoms with Crippen molar-refractivity contribution in [3.63, 3.8) is 0 Å². The Balaban J connectivity index is 2.31. The number of rotatable bonds is 2. The van der Waals surface area contributed by atoms with Crippen LogP contribution in [-0.2, 0) is 7.05 Å². The van der Waals surface area contributed by atoms with Gasteiger partial charge in [-0.25, -0.2) is 14.4 Å². The quantitative estimate of drug-likeness (QED) is 0.537. The molecule has 5 nitrogen and oxygen atoms in total. The summed E-state index contributed by atoms with van der Waals surface area (Å²) in [5.74, 6) is 0.878. The lowest BCUT2D eigenvalue weighted by atomic mass is 10.0. The molecule has 0 radical (unpaired) electrons. The van der Waals surface area contributed by atoms with Crippen LogP contribution < -0.4 is 4.57 Å². The van der Waals surface area contributed by atoms with Gasteiger partial charge in [-0.15, -0.1) is 0 Å². The van der Waals surface area contributed by atoms with Crippen molar-refractivity contribution in [1.82, 2.24) is 14.5 Å². The Hall–Kier alpha value is -3.00. The molecule has 0 aliphatic rings. The summed E-state index contributed by atoms with van der Waals surface area (Å²) in [5.41, 5.74) is 4.67. The van der Waals surface area contributed by atoms with Crippen LogP contribution in [0.5, 0.6) is 0 Å². The molecule has 0 unspecified atom stereocenters. The second-order valence-electron chi connectivity index (χ2n) is 5.18. The minimum absolute atomic E-state index is 0.604. The number of aromatic nitrogens is 4. The maximum Gasteiger partial charge on any atom is 0.300 e. The van der Waals surface area contributed by atoms with Crippen molar-refractivity contribution in [2.24, 2.45) is 7.05 Å². The fourth-order valence-corrected chi connectivity index (χ4v) is 2.58. The Labute approximate surface area is 129 Å². The van der Waals surface area contributed by atoms with E-state index < -0.39 is 0 Å². The summed E-state index contributed by atoms with van der Waals surface area (Å²) in [7, 11) is 1.95. The highest BCUT2D eigenvalue weighted by Gasteiger charge is 2.17. The molecule has 0 spiro atoms. The van der Waals surface area contributed by atoms with Crippen LogP contribution in [0.1, 0.15) is 11.4 Å². The minimum atomic E-state index is 0.604. The van der Waals surface area contributed by atoms with E-state index in [1.54, 1.807) is 12.5 Å². The standard InChI is InChI=1S/C17H16N5/c1-12-15(17-10-19-11-21(17)4)8-14(18-3)9-16(12)22-7-5-6-20-13(22)2/h5-11H,1-2,4H3/q+1. The van der Waals surface area contributed by atoms with E-state index in [-0.39, 0.29) is 0 Å². The number of imidazole rings is 1. The molecule has 0 amide bonds. The van der Waals surface area contributed by atoms with E-state index in [0.29, 0.717) is 5.69 Å². The van der Waals surface area contributed by atoms with Gasteiger partial charge in [0.05, 0.1) is 24.8 Å². The van der Waals surface area contributed by atoms with Gasteiger partial charge in [0.2, 0.25) is 0 Å². The van der Waals surface area contributed by atoms with E-state index in [1.807, 2.05) is 53.7 Å². The van der Waals surface area contributed by atoms with Gasteiger partial charge in [-0.05, 0) is 24.6 Å². The third-order valence-corrected chi connectivity index (χ3v) is 3.78. The molecule has 0 bridgehead atoms. The van der Waals surface area contributed by atoms with Gasteiger partial charge < -0.3 is 4.57 Å². The molecule has 3 aromatic rings. The molecule has 0 saturated carbocycles.